The maximum absolute atomic E-state index is 13.2. The molecule has 3 rings (SSSR count). The number of carbonyl (C=O) groups excluding carboxylic acids is 1. The first-order valence-electron chi connectivity index (χ1n) is 9.84. The number of halogens is 1. The van der Waals surface area contributed by atoms with Gasteiger partial charge in [0.2, 0.25) is 5.91 Å². The minimum absolute atomic E-state index is 0.119. The second-order valence-electron chi connectivity index (χ2n) is 8.11. The van der Waals surface area contributed by atoms with Gasteiger partial charge in [0.1, 0.15) is 12.4 Å². The normalized spacial score (nSPS) is 11.5. The van der Waals surface area contributed by atoms with Crippen molar-refractivity contribution in [3.63, 3.8) is 0 Å². The lowest BCUT2D eigenvalue weighted by molar-refractivity contribution is -0.132. The zero-order valence-corrected chi connectivity index (χ0v) is 17.8. The predicted octanol–water partition coefficient (Wildman–Crippen LogP) is 5.50. The van der Waals surface area contributed by atoms with Gasteiger partial charge in [-0.1, -0.05) is 63.6 Å². The van der Waals surface area contributed by atoms with E-state index in [2.05, 4.69) is 27.7 Å². The average molecular weight is 398 g/mol. The second kappa shape index (κ2) is 8.78. The maximum atomic E-state index is 13.2. The van der Waals surface area contributed by atoms with Gasteiger partial charge >= 0.3 is 0 Å². The monoisotopic (exact) mass is 397 g/mol. The Morgan fingerprint density at radius 2 is 1.71 bits per heavy atom. The summed E-state index contributed by atoms with van der Waals surface area (Å²) >= 11 is 6.20. The Labute approximate surface area is 172 Å². The summed E-state index contributed by atoms with van der Waals surface area (Å²) in [5, 5.41) is 0.656. The Morgan fingerprint density at radius 3 is 2.36 bits per heavy atom. The van der Waals surface area contributed by atoms with Crippen LogP contribution in [0.5, 0.6) is 0 Å². The Bertz CT molecular complexity index is 951. The highest BCUT2D eigenvalue weighted by atomic mass is 35.5. The molecule has 0 spiro atoms. The van der Waals surface area contributed by atoms with Crippen LogP contribution in [0.25, 0.3) is 22.4 Å². The largest absolute Gasteiger partial charge is 0.341 e. The first kappa shape index (κ1) is 20.4. The van der Waals surface area contributed by atoms with Gasteiger partial charge in [-0.15, -0.1) is 0 Å². The van der Waals surface area contributed by atoms with Crippen LogP contribution in [0.4, 0.5) is 0 Å². The van der Waals surface area contributed by atoms with E-state index in [-0.39, 0.29) is 12.5 Å². The van der Waals surface area contributed by atoms with Crippen LogP contribution in [0, 0.1) is 11.8 Å². The molecule has 3 aromatic rings. The molecular weight excluding hydrogens is 370 g/mol. The molecule has 5 heteroatoms. The van der Waals surface area contributed by atoms with Crippen molar-refractivity contribution in [1.29, 1.82) is 0 Å². The molecule has 0 bridgehead atoms. The fourth-order valence-electron chi connectivity index (χ4n) is 3.48. The molecule has 1 aromatic heterocycles. The van der Waals surface area contributed by atoms with E-state index in [1.807, 2.05) is 58.0 Å². The number of hydrogen-bond acceptors (Lipinski definition) is 2. The predicted molar refractivity (Wildman–Crippen MR) is 116 cm³/mol. The quantitative estimate of drug-likeness (QED) is 0.528. The van der Waals surface area contributed by atoms with E-state index in [1.54, 1.807) is 0 Å². The lowest BCUT2D eigenvalue weighted by atomic mass is 10.1. The molecule has 2 aromatic carbocycles. The fraction of sp³-hybridized carbons (Fsp3) is 0.391. The number of hydrogen-bond donors (Lipinski definition) is 0. The number of amides is 1. The molecule has 0 aliphatic carbocycles. The molecule has 0 saturated heterocycles. The zero-order valence-electron chi connectivity index (χ0n) is 17.0. The smallest absolute Gasteiger partial charge is 0.242 e. The Morgan fingerprint density at radius 1 is 1.04 bits per heavy atom. The number of carbonyl (C=O) groups is 1. The van der Waals surface area contributed by atoms with Gasteiger partial charge in [-0.3, -0.25) is 4.79 Å². The van der Waals surface area contributed by atoms with Gasteiger partial charge in [0.15, 0.2) is 0 Å². The van der Waals surface area contributed by atoms with Gasteiger partial charge in [-0.25, -0.2) is 4.98 Å². The van der Waals surface area contributed by atoms with Gasteiger partial charge in [0.05, 0.1) is 11.0 Å². The molecule has 0 saturated carbocycles. The summed E-state index contributed by atoms with van der Waals surface area (Å²) in [4.78, 5) is 20.0. The van der Waals surface area contributed by atoms with Crippen LogP contribution in [0.3, 0.4) is 0 Å². The fourth-order valence-corrected chi connectivity index (χ4v) is 3.67. The molecule has 28 heavy (non-hydrogen) atoms. The van der Waals surface area contributed by atoms with E-state index in [1.165, 1.54) is 0 Å². The van der Waals surface area contributed by atoms with Gasteiger partial charge in [-0.05, 0) is 36.1 Å². The maximum Gasteiger partial charge on any atom is 0.242 e. The highest BCUT2D eigenvalue weighted by molar-refractivity contribution is 6.30. The number of rotatable bonds is 7. The van der Waals surface area contributed by atoms with E-state index >= 15 is 0 Å². The van der Waals surface area contributed by atoms with Crippen molar-refractivity contribution in [3.05, 3.63) is 53.6 Å². The summed E-state index contributed by atoms with van der Waals surface area (Å²) in [5.41, 5.74) is 2.75. The Balaban J connectivity index is 2.01. The minimum Gasteiger partial charge on any atom is -0.341 e. The van der Waals surface area contributed by atoms with Crippen LogP contribution in [0.2, 0.25) is 5.02 Å². The molecule has 4 nitrogen and oxygen atoms in total. The van der Waals surface area contributed by atoms with Gasteiger partial charge < -0.3 is 9.47 Å². The molecule has 0 fully saturated rings. The average Bonchev–Trinajstić information content (AvgIpc) is 2.99. The lowest BCUT2D eigenvalue weighted by Gasteiger charge is -2.27. The molecular formula is C23H28ClN3O. The lowest BCUT2D eigenvalue weighted by Crippen LogP contribution is -2.39. The standard InChI is InChI=1S/C23H28ClN3O/c1-16(2)13-26(14-17(3)4)22(28)15-27-21-11-6-5-10-20(21)25-23(27)18-8-7-9-19(24)12-18/h5-12,16-17H,13-15H2,1-4H3. The molecule has 0 aliphatic heterocycles. The van der Waals surface area contributed by atoms with Crippen LogP contribution >= 0.6 is 11.6 Å². The van der Waals surface area contributed by atoms with Crippen molar-refractivity contribution >= 4 is 28.5 Å². The molecule has 1 amide bonds. The number of aromatic nitrogens is 2. The van der Waals surface area contributed by atoms with Gasteiger partial charge in [-0.2, -0.15) is 0 Å². The summed E-state index contributed by atoms with van der Waals surface area (Å²) in [6.07, 6.45) is 0. The van der Waals surface area contributed by atoms with Crippen molar-refractivity contribution in [2.45, 2.75) is 34.2 Å². The second-order valence-corrected chi connectivity index (χ2v) is 8.54. The minimum atomic E-state index is 0.119. The van der Waals surface area contributed by atoms with E-state index in [4.69, 9.17) is 16.6 Å². The van der Waals surface area contributed by atoms with Crippen LogP contribution in [0.15, 0.2) is 48.5 Å². The number of para-hydroxylation sites is 2. The molecule has 0 unspecified atom stereocenters. The Kier molecular flexibility index (Phi) is 6.40. The van der Waals surface area contributed by atoms with Gasteiger partial charge in [0, 0.05) is 23.7 Å². The molecule has 0 aliphatic rings. The molecule has 0 radical (unpaired) electrons. The summed E-state index contributed by atoms with van der Waals surface area (Å²) in [6, 6.07) is 15.6. The first-order valence-corrected chi connectivity index (χ1v) is 10.2. The van der Waals surface area contributed by atoms with Crippen LogP contribution in [-0.4, -0.2) is 33.4 Å². The third-order valence-corrected chi connectivity index (χ3v) is 4.79. The van der Waals surface area contributed by atoms with E-state index in [0.717, 1.165) is 35.5 Å². The molecule has 0 atom stereocenters. The summed E-state index contributed by atoms with van der Waals surface area (Å²) in [7, 11) is 0. The number of benzene rings is 2. The summed E-state index contributed by atoms with van der Waals surface area (Å²) in [6.45, 7) is 10.4. The van der Waals surface area contributed by atoms with Crippen molar-refractivity contribution in [1.82, 2.24) is 14.5 Å². The zero-order chi connectivity index (χ0) is 20.3. The van der Waals surface area contributed by atoms with E-state index < -0.39 is 0 Å². The molecule has 1 heterocycles. The van der Waals surface area contributed by atoms with Gasteiger partial charge in [0.25, 0.3) is 0 Å². The van der Waals surface area contributed by atoms with Crippen LogP contribution < -0.4 is 0 Å². The molecule has 148 valence electrons. The van der Waals surface area contributed by atoms with Crippen molar-refractivity contribution < 1.29 is 4.79 Å². The van der Waals surface area contributed by atoms with Crippen LogP contribution in [-0.2, 0) is 11.3 Å². The number of nitrogens with zero attached hydrogens (tertiary/aromatic N) is 3. The number of fused-ring (bicyclic) bond motifs is 1. The van der Waals surface area contributed by atoms with Crippen molar-refractivity contribution in [2.75, 3.05) is 13.1 Å². The number of imidazole rings is 1. The highest BCUT2D eigenvalue weighted by Gasteiger charge is 2.20. The third-order valence-electron chi connectivity index (χ3n) is 4.55. The van der Waals surface area contributed by atoms with E-state index in [0.29, 0.717) is 16.9 Å². The highest BCUT2D eigenvalue weighted by Crippen LogP contribution is 2.27. The van der Waals surface area contributed by atoms with Crippen LogP contribution in [0.1, 0.15) is 27.7 Å². The SMILES string of the molecule is CC(C)CN(CC(C)C)C(=O)Cn1c(-c2cccc(Cl)c2)nc2ccccc21. The Hall–Kier alpha value is -2.33. The van der Waals surface area contributed by atoms with E-state index in [9.17, 15) is 4.79 Å². The topological polar surface area (TPSA) is 38.1 Å². The molecule has 0 N–H and O–H groups in total. The summed E-state index contributed by atoms with van der Waals surface area (Å²) in [5.74, 6) is 1.74. The summed E-state index contributed by atoms with van der Waals surface area (Å²) < 4.78 is 2.01. The van der Waals surface area contributed by atoms with Crippen molar-refractivity contribution in [2.24, 2.45) is 11.8 Å². The third kappa shape index (κ3) is 4.74. The first-order chi connectivity index (χ1) is 13.3. The van der Waals surface area contributed by atoms with Crippen molar-refractivity contribution in [3.8, 4) is 11.4 Å².